The number of nitrogens with zero attached hydrogens (tertiary/aromatic N) is 1. The average Bonchev–Trinajstić information content (AvgIpc) is 2.84. The van der Waals surface area contributed by atoms with Gasteiger partial charge < -0.3 is 15.0 Å². The van der Waals surface area contributed by atoms with E-state index in [4.69, 9.17) is 4.74 Å². The van der Waals surface area contributed by atoms with Gasteiger partial charge in [-0.2, -0.15) is 0 Å². The number of carbonyl (C=O) groups excluding carboxylic acids is 1. The van der Waals surface area contributed by atoms with Gasteiger partial charge in [0.2, 0.25) is 0 Å². The van der Waals surface area contributed by atoms with Crippen LogP contribution in [0.3, 0.4) is 0 Å². The number of nitrogens with one attached hydrogen (secondary N) is 1. The van der Waals surface area contributed by atoms with Gasteiger partial charge in [-0.15, -0.1) is 0 Å². The standard InChI is InChI=1S/C16H24N2O2/c1-16(2,3)20-15(19)17-11-13-9-10-18(12-13)14-7-5-4-6-8-14/h4-8,13H,9-12H2,1-3H3,(H,17,19)/t13-/m0/s1. The van der Waals surface area contributed by atoms with Crippen molar-refractivity contribution in [3.8, 4) is 0 Å². The molecule has 0 aliphatic carbocycles. The summed E-state index contributed by atoms with van der Waals surface area (Å²) in [6, 6.07) is 10.4. The maximum atomic E-state index is 11.6. The van der Waals surface area contributed by atoms with Crippen molar-refractivity contribution >= 4 is 11.8 Å². The van der Waals surface area contributed by atoms with Crippen LogP contribution in [0.2, 0.25) is 0 Å². The van der Waals surface area contributed by atoms with Crippen LogP contribution < -0.4 is 10.2 Å². The van der Waals surface area contributed by atoms with E-state index in [1.807, 2.05) is 26.8 Å². The van der Waals surface area contributed by atoms with Gasteiger partial charge in [0.15, 0.2) is 0 Å². The lowest BCUT2D eigenvalue weighted by Crippen LogP contribution is -2.36. The Hall–Kier alpha value is -1.71. The summed E-state index contributed by atoms with van der Waals surface area (Å²) in [5.41, 5.74) is 0.822. The molecule has 110 valence electrons. The topological polar surface area (TPSA) is 41.6 Å². The lowest BCUT2D eigenvalue weighted by atomic mass is 10.1. The number of ether oxygens (including phenoxy) is 1. The Labute approximate surface area is 121 Å². The summed E-state index contributed by atoms with van der Waals surface area (Å²) in [5.74, 6) is 0.489. The van der Waals surface area contributed by atoms with E-state index in [0.717, 1.165) is 19.5 Å². The molecule has 1 atom stereocenters. The summed E-state index contributed by atoms with van der Waals surface area (Å²) in [6.45, 7) is 8.33. The van der Waals surface area contributed by atoms with Gasteiger partial charge >= 0.3 is 6.09 Å². The van der Waals surface area contributed by atoms with Gasteiger partial charge in [0.1, 0.15) is 5.60 Å². The van der Waals surface area contributed by atoms with Crippen LogP contribution in [-0.2, 0) is 4.74 Å². The van der Waals surface area contributed by atoms with Crippen LogP contribution in [0.25, 0.3) is 0 Å². The summed E-state index contributed by atoms with van der Waals surface area (Å²) in [5, 5.41) is 2.87. The van der Waals surface area contributed by atoms with E-state index in [9.17, 15) is 4.79 Å². The number of carbonyl (C=O) groups is 1. The van der Waals surface area contributed by atoms with Crippen LogP contribution in [0.1, 0.15) is 27.2 Å². The molecule has 0 bridgehead atoms. The summed E-state index contributed by atoms with van der Waals surface area (Å²) in [4.78, 5) is 14.0. The third kappa shape index (κ3) is 4.44. The predicted octanol–water partition coefficient (Wildman–Crippen LogP) is 3.04. The Kier molecular flexibility index (Phi) is 4.53. The molecule has 1 N–H and O–H groups in total. The molecule has 1 heterocycles. The fourth-order valence-corrected chi connectivity index (χ4v) is 2.41. The van der Waals surface area contributed by atoms with Crippen molar-refractivity contribution in [3.63, 3.8) is 0 Å². The number of hydrogen-bond donors (Lipinski definition) is 1. The molecular formula is C16H24N2O2. The molecule has 0 radical (unpaired) electrons. The zero-order chi connectivity index (χ0) is 14.6. The van der Waals surface area contributed by atoms with Crippen molar-refractivity contribution in [2.75, 3.05) is 24.5 Å². The van der Waals surface area contributed by atoms with Crippen molar-refractivity contribution in [2.45, 2.75) is 32.8 Å². The molecule has 20 heavy (non-hydrogen) atoms. The third-order valence-electron chi connectivity index (χ3n) is 3.34. The monoisotopic (exact) mass is 276 g/mol. The zero-order valence-corrected chi connectivity index (χ0v) is 12.6. The molecule has 1 aliphatic heterocycles. The van der Waals surface area contributed by atoms with Gasteiger partial charge in [-0.05, 0) is 45.2 Å². The Balaban J connectivity index is 1.75. The van der Waals surface area contributed by atoms with Crippen molar-refractivity contribution in [3.05, 3.63) is 30.3 Å². The van der Waals surface area contributed by atoms with E-state index < -0.39 is 5.60 Å². The second kappa shape index (κ2) is 6.16. The van der Waals surface area contributed by atoms with E-state index in [0.29, 0.717) is 12.5 Å². The maximum Gasteiger partial charge on any atom is 0.407 e. The van der Waals surface area contributed by atoms with Crippen molar-refractivity contribution in [1.82, 2.24) is 5.32 Å². The normalized spacial score (nSPS) is 18.9. The fraction of sp³-hybridized carbons (Fsp3) is 0.562. The van der Waals surface area contributed by atoms with E-state index in [1.165, 1.54) is 5.69 Å². The first kappa shape index (κ1) is 14.7. The second-order valence-corrected chi connectivity index (χ2v) is 6.32. The maximum absolute atomic E-state index is 11.6. The largest absolute Gasteiger partial charge is 0.444 e. The minimum Gasteiger partial charge on any atom is -0.444 e. The number of alkyl carbamates (subject to hydrolysis) is 1. The number of para-hydroxylation sites is 1. The molecule has 4 nitrogen and oxygen atoms in total. The van der Waals surface area contributed by atoms with Crippen LogP contribution in [0.15, 0.2) is 30.3 Å². The number of benzene rings is 1. The van der Waals surface area contributed by atoms with E-state index in [2.05, 4.69) is 34.5 Å². The molecule has 0 spiro atoms. The minimum atomic E-state index is -0.435. The van der Waals surface area contributed by atoms with E-state index in [1.54, 1.807) is 0 Å². The molecule has 0 aromatic heterocycles. The SMILES string of the molecule is CC(C)(C)OC(=O)NC[C@@H]1CCN(c2ccccc2)C1. The summed E-state index contributed by atoms with van der Waals surface area (Å²) in [6.07, 6.45) is 0.778. The summed E-state index contributed by atoms with van der Waals surface area (Å²) < 4.78 is 5.25. The van der Waals surface area contributed by atoms with Gasteiger partial charge in [-0.25, -0.2) is 4.79 Å². The van der Waals surface area contributed by atoms with Gasteiger partial charge in [0, 0.05) is 25.3 Å². The molecule has 0 unspecified atom stereocenters. The molecule has 1 saturated heterocycles. The number of hydrogen-bond acceptors (Lipinski definition) is 3. The van der Waals surface area contributed by atoms with Gasteiger partial charge in [0.25, 0.3) is 0 Å². The highest BCUT2D eigenvalue weighted by Gasteiger charge is 2.24. The van der Waals surface area contributed by atoms with Crippen molar-refractivity contribution < 1.29 is 9.53 Å². The van der Waals surface area contributed by atoms with Gasteiger partial charge in [-0.3, -0.25) is 0 Å². The van der Waals surface area contributed by atoms with Gasteiger partial charge in [-0.1, -0.05) is 18.2 Å². The second-order valence-electron chi connectivity index (χ2n) is 6.32. The number of amides is 1. The molecule has 0 saturated carbocycles. The van der Waals surface area contributed by atoms with Crippen molar-refractivity contribution in [2.24, 2.45) is 5.92 Å². The first-order valence-electron chi connectivity index (χ1n) is 7.21. The number of anilines is 1. The highest BCUT2D eigenvalue weighted by atomic mass is 16.6. The minimum absolute atomic E-state index is 0.323. The van der Waals surface area contributed by atoms with Crippen LogP contribution in [0.4, 0.5) is 10.5 Å². The van der Waals surface area contributed by atoms with Gasteiger partial charge in [0.05, 0.1) is 0 Å². The Morgan fingerprint density at radius 3 is 2.70 bits per heavy atom. The quantitative estimate of drug-likeness (QED) is 0.922. The first-order chi connectivity index (χ1) is 9.44. The average molecular weight is 276 g/mol. The van der Waals surface area contributed by atoms with Crippen molar-refractivity contribution in [1.29, 1.82) is 0 Å². The first-order valence-corrected chi connectivity index (χ1v) is 7.21. The molecule has 1 aromatic carbocycles. The molecule has 1 aromatic rings. The smallest absolute Gasteiger partial charge is 0.407 e. The summed E-state index contributed by atoms with van der Waals surface area (Å²) in [7, 11) is 0. The van der Waals surface area contributed by atoms with E-state index >= 15 is 0 Å². The zero-order valence-electron chi connectivity index (χ0n) is 12.6. The molecule has 2 rings (SSSR count). The number of rotatable bonds is 3. The van der Waals surface area contributed by atoms with Crippen LogP contribution >= 0.6 is 0 Å². The molecule has 4 heteroatoms. The lowest BCUT2D eigenvalue weighted by molar-refractivity contribution is 0.0520. The predicted molar refractivity (Wildman–Crippen MR) is 81.0 cm³/mol. The van der Waals surface area contributed by atoms with E-state index in [-0.39, 0.29) is 6.09 Å². The van der Waals surface area contributed by atoms with Crippen LogP contribution in [-0.4, -0.2) is 31.3 Å². The molecule has 1 amide bonds. The van der Waals surface area contributed by atoms with Crippen LogP contribution in [0, 0.1) is 5.92 Å². The lowest BCUT2D eigenvalue weighted by Gasteiger charge is -2.21. The molecular weight excluding hydrogens is 252 g/mol. The molecule has 1 aliphatic rings. The highest BCUT2D eigenvalue weighted by Crippen LogP contribution is 2.23. The van der Waals surface area contributed by atoms with Crippen LogP contribution in [0.5, 0.6) is 0 Å². The summed E-state index contributed by atoms with van der Waals surface area (Å²) >= 11 is 0. The Morgan fingerprint density at radius 2 is 2.05 bits per heavy atom. The highest BCUT2D eigenvalue weighted by molar-refractivity contribution is 5.67. The third-order valence-corrected chi connectivity index (χ3v) is 3.34. The Morgan fingerprint density at radius 1 is 1.35 bits per heavy atom. The molecule has 1 fully saturated rings. The fourth-order valence-electron chi connectivity index (χ4n) is 2.41. The Bertz CT molecular complexity index is 440.